The van der Waals surface area contributed by atoms with Gasteiger partial charge in [-0.15, -0.1) is 0 Å². The Bertz CT molecular complexity index is 602. The SMILES string of the molecule is CCN(Cc1ccccn1)C(=O)c1ccc(Br)c(O)c1. The molecule has 1 amide bonds. The van der Waals surface area contributed by atoms with Crippen molar-refractivity contribution in [2.75, 3.05) is 6.54 Å². The Balaban J connectivity index is 2.18. The van der Waals surface area contributed by atoms with Crippen LogP contribution in [0.15, 0.2) is 47.1 Å². The Hall–Kier alpha value is -1.88. The third-order valence-corrected chi connectivity index (χ3v) is 3.61. The Labute approximate surface area is 126 Å². The van der Waals surface area contributed by atoms with Gasteiger partial charge in [0.25, 0.3) is 5.91 Å². The minimum atomic E-state index is -0.124. The lowest BCUT2D eigenvalue weighted by Gasteiger charge is -2.20. The molecule has 0 aliphatic carbocycles. The van der Waals surface area contributed by atoms with Gasteiger partial charge in [-0.25, -0.2) is 0 Å². The maximum absolute atomic E-state index is 12.4. The number of phenolic OH excluding ortho intramolecular Hbond substituents is 1. The van der Waals surface area contributed by atoms with Crippen molar-refractivity contribution < 1.29 is 9.90 Å². The van der Waals surface area contributed by atoms with Crippen LogP contribution in [0.4, 0.5) is 0 Å². The van der Waals surface area contributed by atoms with Gasteiger partial charge in [-0.05, 0) is 53.2 Å². The number of nitrogens with zero attached hydrogens (tertiary/aromatic N) is 2. The van der Waals surface area contributed by atoms with Crippen molar-refractivity contribution in [3.63, 3.8) is 0 Å². The summed E-state index contributed by atoms with van der Waals surface area (Å²) in [6.45, 7) is 2.94. The highest BCUT2D eigenvalue weighted by Gasteiger charge is 2.16. The fraction of sp³-hybridized carbons (Fsp3) is 0.200. The van der Waals surface area contributed by atoms with E-state index in [1.165, 1.54) is 6.07 Å². The van der Waals surface area contributed by atoms with Crippen molar-refractivity contribution in [2.45, 2.75) is 13.5 Å². The Morgan fingerprint density at radius 2 is 2.15 bits per heavy atom. The third kappa shape index (κ3) is 3.36. The predicted octanol–water partition coefficient (Wildman–Crippen LogP) is 3.21. The maximum Gasteiger partial charge on any atom is 0.254 e. The number of amides is 1. The van der Waals surface area contributed by atoms with Crippen molar-refractivity contribution >= 4 is 21.8 Å². The average Bonchev–Trinajstić information content (AvgIpc) is 2.48. The van der Waals surface area contributed by atoms with E-state index in [1.54, 1.807) is 23.2 Å². The molecule has 0 unspecified atom stereocenters. The van der Waals surface area contributed by atoms with E-state index in [0.29, 0.717) is 23.1 Å². The first-order valence-electron chi connectivity index (χ1n) is 6.29. The first-order valence-corrected chi connectivity index (χ1v) is 7.08. The molecule has 0 saturated heterocycles. The van der Waals surface area contributed by atoms with E-state index >= 15 is 0 Å². The molecule has 1 N–H and O–H groups in total. The quantitative estimate of drug-likeness (QED) is 0.933. The standard InChI is InChI=1S/C15H15BrN2O2/c1-2-18(10-12-5-3-4-8-17-12)15(20)11-6-7-13(16)14(19)9-11/h3-9,19H,2,10H2,1H3. The molecule has 1 aromatic heterocycles. The number of halogens is 1. The summed E-state index contributed by atoms with van der Waals surface area (Å²) in [4.78, 5) is 18.3. The van der Waals surface area contributed by atoms with Crippen LogP contribution in [0.1, 0.15) is 23.0 Å². The lowest BCUT2D eigenvalue weighted by atomic mass is 10.2. The summed E-state index contributed by atoms with van der Waals surface area (Å²) in [5.74, 6) is -0.0642. The summed E-state index contributed by atoms with van der Waals surface area (Å²) in [5, 5.41) is 9.66. The Kier molecular flexibility index (Phi) is 4.74. The number of pyridine rings is 1. The highest BCUT2D eigenvalue weighted by atomic mass is 79.9. The lowest BCUT2D eigenvalue weighted by molar-refractivity contribution is 0.0750. The van der Waals surface area contributed by atoms with E-state index in [1.807, 2.05) is 25.1 Å². The normalized spacial score (nSPS) is 10.3. The number of phenols is 1. The summed E-state index contributed by atoms with van der Waals surface area (Å²) >= 11 is 3.20. The van der Waals surface area contributed by atoms with E-state index in [-0.39, 0.29) is 11.7 Å². The van der Waals surface area contributed by atoms with Gasteiger partial charge in [0, 0.05) is 18.3 Å². The Morgan fingerprint density at radius 1 is 1.35 bits per heavy atom. The smallest absolute Gasteiger partial charge is 0.254 e. The largest absolute Gasteiger partial charge is 0.507 e. The van der Waals surface area contributed by atoms with Crippen LogP contribution in [-0.4, -0.2) is 27.4 Å². The van der Waals surface area contributed by atoms with E-state index in [0.717, 1.165) is 5.69 Å². The van der Waals surface area contributed by atoms with Crippen LogP contribution in [-0.2, 0) is 6.54 Å². The fourth-order valence-corrected chi connectivity index (χ4v) is 2.09. The van der Waals surface area contributed by atoms with E-state index < -0.39 is 0 Å². The molecule has 1 aromatic carbocycles. The van der Waals surface area contributed by atoms with Gasteiger partial charge < -0.3 is 10.0 Å². The molecular weight excluding hydrogens is 320 g/mol. The predicted molar refractivity (Wildman–Crippen MR) is 80.5 cm³/mol. The minimum Gasteiger partial charge on any atom is -0.507 e. The van der Waals surface area contributed by atoms with Crippen LogP contribution < -0.4 is 0 Å². The fourth-order valence-electron chi connectivity index (χ4n) is 1.84. The molecule has 0 aliphatic rings. The number of rotatable bonds is 4. The molecule has 5 heteroatoms. The number of carbonyl (C=O) groups is 1. The second-order valence-electron chi connectivity index (χ2n) is 4.31. The molecule has 0 spiro atoms. The average molecular weight is 335 g/mol. The Morgan fingerprint density at radius 3 is 2.75 bits per heavy atom. The number of carbonyl (C=O) groups excluding carboxylic acids is 1. The van der Waals surface area contributed by atoms with Gasteiger partial charge in [0.15, 0.2) is 0 Å². The number of hydrogen-bond acceptors (Lipinski definition) is 3. The first-order chi connectivity index (χ1) is 9.61. The van der Waals surface area contributed by atoms with Crippen LogP contribution in [0.2, 0.25) is 0 Å². The number of hydrogen-bond donors (Lipinski definition) is 1. The van der Waals surface area contributed by atoms with Crippen LogP contribution in [0.5, 0.6) is 5.75 Å². The molecule has 0 fully saturated rings. The summed E-state index contributed by atoms with van der Waals surface area (Å²) in [6, 6.07) is 10.4. The van der Waals surface area contributed by atoms with Gasteiger partial charge in [0.05, 0.1) is 16.7 Å². The molecule has 2 rings (SSSR count). The van der Waals surface area contributed by atoms with Gasteiger partial charge in [-0.2, -0.15) is 0 Å². The number of benzene rings is 1. The molecule has 0 radical (unpaired) electrons. The first kappa shape index (κ1) is 14.5. The van der Waals surface area contributed by atoms with E-state index in [4.69, 9.17) is 0 Å². The van der Waals surface area contributed by atoms with Gasteiger partial charge in [0.2, 0.25) is 0 Å². The number of aromatic hydroxyl groups is 1. The van der Waals surface area contributed by atoms with Crippen molar-refractivity contribution in [2.24, 2.45) is 0 Å². The summed E-state index contributed by atoms with van der Waals surface area (Å²) in [7, 11) is 0. The van der Waals surface area contributed by atoms with Crippen molar-refractivity contribution in [3.8, 4) is 5.75 Å². The van der Waals surface area contributed by atoms with E-state index in [9.17, 15) is 9.90 Å². The molecule has 0 atom stereocenters. The highest BCUT2D eigenvalue weighted by molar-refractivity contribution is 9.10. The molecule has 0 saturated carbocycles. The topological polar surface area (TPSA) is 53.4 Å². The second kappa shape index (κ2) is 6.52. The van der Waals surface area contributed by atoms with Crippen LogP contribution in [0, 0.1) is 0 Å². The van der Waals surface area contributed by atoms with Gasteiger partial charge in [0.1, 0.15) is 5.75 Å². The zero-order valence-corrected chi connectivity index (χ0v) is 12.7. The van der Waals surface area contributed by atoms with Crippen molar-refractivity contribution in [1.82, 2.24) is 9.88 Å². The molecule has 104 valence electrons. The zero-order valence-electron chi connectivity index (χ0n) is 11.1. The zero-order chi connectivity index (χ0) is 14.5. The molecule has 2 aromatic rings. The third-order valence-electron chi connectivity index (χ3n) is 2.94. The molecule has 20 heavy (non-hydrogen) atoms. The monoisotopic (exact) mass is 334 g/mol. The summed E-state index contributed by atoms with van der Waals surface area (Å²) < 4.78 is 0.571. The highest BCUT2D eigenvalue weighted by Crippen LogP contribution is 2.25. The van der Waals surface area contributed by atoms with Crippen LogP contribution in [0.3, 0.4) is 0 Å². The summed E-state index contributed by atoms with van der Waals surface area (Å²) in [6.07, 6.45) is 1.71. The molecule has 0 bridgehead atoms. The molecule has 0 aliphatic heterocycles. The van der Waals surface area contributed by atoms with Crippen LogP contribution in [0.25, 0.3) is 0 Å². The second-order valence-corrected chi connectivity index (χ2v) is 5.16. The van der Waals surface area contributed by atoms with Gasteiger partial charge >= 0.3 is 0 Å². The van der Waals surface area contributed by atoms with Crippen molar-refractivity contribution in [1.29, 1.82) is 0 Å². The lowest BCUT2D eigenvalue weighted by Crippen LogP contribution is -2.30. The van der Waals surface area contributed by atoms with Gasteiger partial charge in [-0.1, -0.05) is 6.07 Å². The number of aromatic nitrogens is 1. The van der Waals surface area contributed by atoms with Crippen LogP contribution >= 0.6 is 15.9 Å². The molecule has 1 heterocycles. The minimum absolute atomic E-state index is 0.0599. The molecule has 4 nitrogen and oxygen atoms in total. The maximum atomic E-state index is 12.4. The van der Waals surface area contributed by atoms with Gasteiger partial charge in [-0.3, -0.25) is 9.78 Å². The summed E-state index contributed by atoms with van der Waals surface area (Å²) in [5.41, 5.74) is 1.30. The van der Waals surface area contributed by atoms with E-state index in [2.05, 4.69) is 20.9 Å². The van der Waals surface area contributed by atoms with Crippen molar-refractivity contribution in [3.05, 3.63) is 58.3 Å². The molecular formula is C15H15BrN2O2.